The molecule has 116 valence electrons. The third-order valence-corrected chi connectivity index (χ3v) is 4.23. The summed E-state index contributed by atoms with van der Waals surface area (Å²) in [6.07, 6.45) is 3.55. The number of rotatable bonds is 4. The van der Waals surface area contributed by atoms with Crippen LogP contribution in [0, 0.1) is 0 Å². The number of hydrogen-bond acceptors (Lipinski definition) is 2. The molecule has 0 aliphatic heterocycles. The van der Waals surface area contributed by atoms with Gasteiger partial charge in [-0.2, -0.15) is 0 Å². The van der Waals surface area contributed by atoms with Gasteiger partial charge in [0.05, 0.1) is 15.7 Å². The van der Waals surface area contributed by atoms with Gasteiger partial charge in [-0.15, -0.1) is 0 Å². The zero-order valence-corrected chi connectivity index (χ0v) is 13.6. The molecule has 2 N–H and O–H groups in total. The summed E-state index contributed by atoms with van der Waals surface area (Å²) in [6, 6.07) is 13.0. The lowest BCUT2D eigenvalue weighted by Gasteiger charge is -2.00. The molecule has 0 saturated heterocycles. The predicted molar refractivity (Wildman–Crippen MR) is 94.8 cm³/mol. The van der Waals surface area contributed by atoms with Crippen molar-refractivity contribution >= 4 is 51.9 Å². The fourth-order valence-electron chi connectivity index (χ4n) is 2.41. The molecule has 0 unspecified atom stereocenters. The lowest BCUT2D eigenvalue weighted by atomic mass is 10.2. The van der Waals surface area contributed by atoms with Crippen LogP contribution in [0.5, 0.6) is 0 Å². The molecular formula is C17H13Cl2N3O. The Bertz CT molecular complexity index is 915. The highest BCUT2D eigenvalue weighted by molar-refractivity contribution is 6.43. The molecule has 0 aliphatic rings. The van der Waals surface area contributed by atoms with Crippen molar-refractivity contribution in [3.8, 4) is 0 Å². The minimum atomic E-state index is -0.396. The van der Waals surface area contributed by atoms with Gasteiger partial charge in [-0.1, -0.05) is 47.5 Å². The summed E-state index contributed by atoms with van der Waals surface area (Å²) >= 11 is 12.1. The normalized spacial score (nSPS) is 11.4. The molecular weight excluding hydrogens is 333 g/mol. The van der Waals surface area contributed by atoms with Crippen molar-refractivity contribution in [3.05, 3.63) is 64.3 Å². The van der Waals surface area contributed by atoms with Crippen LogP contribution in [0.2, 0.25) is 10.0 Å². The first-order chi connectivity index (χ1) is 11.1. The van der Waals surface area contributed by atoms with Crippen LogP contribution in [-0.4, -0.2) is 16.7 Å². The van der Waals surface area contributed by atoms with E-state index in [9.17, 15) is 4.79 Å². The molecule has 0 atom stereocenters. The van der Waals surface area contributed by atoms with Gasteiger partial charge >= 0.3 is 0 Å². The Morgan fingerprint density at radius 3 is 2.74 bits per heavy atom. The summed E-state index contributed by atoms with van der Waals surface area (Å²) in [5.41, 5.74) is 7.68. The number of primary amides is 1. The number of amides is 1. The third-order valence-electron chi connectivity index (χ3n) is 3.42. The fourth-order valence-corrected chi connectivity index (χ4v) is 2.75. The molecule has 0 fully saturated rings. The second kappa shape index (κ2) is 6.44. The standard InChI is InChI=1S/C17H13Cl2N3O/c18-13-5-3-6-14(17(13)19)21-8-11-9-22(10-16(20)23)15-7-2-1-4-12(11)15/h1-9H,10H2,(H2,20,23). The smallest absolute Gasteiger partial charge is 0.237 e. The average Bonchev–Trinajstić information content (AvgIpc) is 2.86. The number of para-hydroxylation sites is 1. The maximum Gasteiger partial charge on any atom is 0.237 e. The van der Waals surface area contributed by atoms with E-state index in [4.69, 9.17) is 28.9 Å². The fraction of sp³-hybridized carbons (Fsp3) is 0.0588. The number of nitrogens with zero attached hydrogens (tertiary/aromatic N) is 2. The highest BCUT2D eigenvalue weighted by atomic mass is 35.5. The first-order valence-corrected chi connectivity index (χ1v) is 7.66. The second-order valence-corrected chi connectivity index (χ2v) is 5.81. The van der Waals surface area contributed by atoms with Crippen LogP contribution >= 0.6 is 23.2 Å². The molecule has 0 spiro atoms. The second-order valence-electron chi connectivity index (χ2n) is 5.03. The summed E-state index contributed by atoms with van der Waals surface area (Å²) in [6.45, 7) is 0.117. The van der Waals surface area contributed by atoms with Crippen molar-refractivity contribution in [3.63, 3.8) is 0 Å². The zero-order chi connectivity index (χ0) is 16.4. The molecule has 2 aromatic carbocycles. The van der Waals surface area contributed by atoms with E-state index in [1.165, 1.54) is 0 Å². The van der Waals surface area contributed by atoms with Crippen LogP contribution in [0.4, 0.5) is 5.69 Å². The Kier molecular flexibility index (Phi) is 4.37. The minimum Gasteiger partial charge on any atom is -0.368 e. The molecule has 0 radical (unpaired) electrons. The van der Waals surface area contributed by atoms with Crippen LogP contribution in [0.3, 0.4) is 0 Å². The van der Waals surface area contributed by atoms with E-state index in [2.05, 4.69) is 4.99 Å². The number of aliphatic imine (C=N–C) groups is 1. The van der Waals surface area contributed by atoms with Gasteiger partial charge in [0.25, 0.3) is 0 Å². The van der Waals surface area contributed by atoms with Crippen molar-refractivity contribution in [2.75, 3.05) is 0 Å². The molecule has 3 rings (SSSR count). The number of carbonyl (C=O) groups excluding carboxylic acids is 1. The molecule has 1 aromatic heterocycles. The SMILES string of the molecule is NC(=O)Cn1cc(C=Nc2cccc(Cl)c2Cl)c2ccccc21. The van der Waals surface area contributed by atoms with Gasteiger partial charge in [0.2, 0.25) is 5.91 Å². The number of nitrogens with two attached hydrogens (primary N) is 1. The third kappa shape index (κ3) is 3.23. The van der Waals surface area contributed by atoms with E-state index in [1.807, 2.05) is 30.5 Å². The molecule has 0 aliphatic carbocycles. The van der Waals surface area contributed by atoms with Gasteiger partial charge in [-0.25, -0.2) is 0 Å². The van der Waals surface area contributed by atoms with E-state index >= 15 is 0 Å². The Balaban J connectivity index is 2.04. The van der Waals surface area contributed by atoms with Crippen molar-refractivity contribution in [2.45, 2.75) is 6.54 Å². The van der Waals surface area contributed by atoms with Gasteiger partial charge in [-0.05, 0) is 18.2 Å². The first-order valence-electron chi connectivity index (χ1n) is 6.90. The summed E-state index contributed by atoms with van der Waals surface area (Å²) in [5, 5.41) is 1.85. The average molecular weight is 346 g/mol. The molecule has 1 heterocycles. The summed E-state index contributed by atoms with van der Waals surface area (Å²) in [7, 11) is 0. The zero-order valence-electron chi connectivity index (χ0n) is 12.0. The highest BCUT2D eigenvalue weighted by Gasteiger charge is 2.08. The lowest BCUT2D eigenvalue weighted by molar-refractivity contribution is -0.118. The van der Waals surface area contributed by atoms with Gasteiger partial charge in [-0.3, -0.25) is 9.79 Å². The maximum atomic E-state index is 11.2. The summed E-state index contributed by atoms with van der Waals surface area (Å²) in [5.74, 6) is -0.396. The van der Waals surface area contributed by atoms with Gasteiger partial charge in [0.1, 0.15) is 6.54 Å². The number of fused-ring (bicyclic) bond motifs is 1. The van der Waals surface area contributed by atoms with Crippen LogP contribution < -0.4 is 5.73 Å². The van der Waals surface area contributed by atoms with Crippen LogP contribution in [0.15, 0.2) is 53.7 Å². The molecule has 6 heteroatoms. The molecule has 4 nitrogen and oxygen atoms in total. The number of aromatic nitrogens is 1. The van der Waals surface area contributed by atoms with E-state index in [0.29, 0.717) is 15.7 Å². The Morgan fingerprint density at radius 1 is 1.17 bits per heavy atom. The maximum absolute atomic E-state index is 11.2. The molecule has 0 saturated carbocycles. The largest absolute Gasteiger partial charge is 0.368 e. The van der Waals surface area contributed by atoms with Crippen molar-refractivity contribution in [1.82, 2.24) is 4.57 Å². The topological polar surface area (TPSA) is 60.4 Å². The van der Waals surface area contributed by atoms with Crippen LogP contribution in [0.25, 0.3) is 10.9 Å². The van der Waals surface area contributed by atoms with E-state index in [-0.39, 0.29) is 6.54 Å². The number of hydrogen-bond donors (Lipinski definition) is 1. The Hall–Kier alpha value is -2.30. The predicted octanol–water partition coefficient (Wildman–Crippen LogP) is 4.18. The van der Waals surface area contributed by atoms with Crippen molar-refractivity contribution in [1.29, 1.82) is 0 Å². The first kappa shape index (κ1) is 15.6. The summed E-state index contributed by atoms with van der Waals surface area (Å²) in [4.78, 5) is 15.6. The van der Waals surface area contributed by atoms with Crippen molar-refractivity contribution < 1.29 is 4.79 Å². The number of carbonyl (C=O) groups is 1. The van der Waals surface area contributed by atoms with Crippen LogP contribution in [0.1, 0.15) is 5.56 Å². The molecule has 0 bridgehead atoms. The monoisotopic (exact) mass is 345 g/mol. The van der Waals surface area contributed by atoms with Gasteiger partial charge < -0.3 is 10.3 Å². The van der Waals surface area contributed by atoms with Gasteiger partial charge in [0, 0.05) is 28.9 Å². The van der Waals surface area contributed by atoms with Gasteiger partial charge in [0.15, 0.2) is 0 Å². The van der Waals surface area contributed by atoms with E-state index in [0.717, 1.165) is 16.5 Å². The Morgan fingerprint density at radius 2 is 1.96 bits per heavy atom. The molecule has 23 heavy (non-hydrogen) atoms. The highest BCUT2D eigenvalue weighted by Crippen LogP contribution is 2.32. The number of benzene rings is 2. The Labute approximate surface area is 143 Å². The van der Waals surface area contributed by atoms with Crippen LogP contribution in [-0.2, 0) is 11.3 Å². The van der Waals surface area contributed by atoms with E-state index < -0.39 is 5.91 Å². The molecule has 1 amide bonds. The minimum absolute atomic E-state index is 0.117. The van der Waals surface area contributed by atoms with Crippen molar-refractivity contribution in [2.24, 2.45) is 10.7 Å². The quantitative estimate of drug-likeness (QED) is 0.708. The van der Waals surface area contributed by atoms with E-state index in [1.54, 1.807) is 29.0 Å². The summed E-state index contributed by atoms with van der Waals surface area (Å²) < 4.78 is 1.80. The lowest BCUT2D eigenvalue weighted by Crippen LogP contribution is -2.17. The number of halogens is 2. The molecule has 3 aromatic rings.